The van der Waals surface area contributed by atoms with Gasteiger partial charge >= 0.3 is 12.1 Å². The molecule has 2 aromatic rings. The molecule has 140 valence electrons. The second-order valence-corrected chi connectivity index (χ2v) is 5.69. The first-order valence-electron chi connectivity index (χ1n) is 7.45. The summed E-state index contributed by atoms with van der Waals surface area (Å²) >= 11 is 0. The fraction of sp³-hybridized carbons (Fsp3) is 0.294. The number of hydrogen-bond acceptors (Lipinski definition) is 5. The third-order valence-electron chi connectivity index (χ3n) is 3.75. The van der Waals surface area contributed by atoms with Crippen molar-refractivity contribution in [1.82, 2.24) is 4.57 Å². The summed E-state index contributed by atoms with van der Waals surface area (Å²) in [5.74, 6) is -2.45. The van der Waals surface area contributed by atoms with Gasteiger partial charge in [-0.25, -0.2) is 4.79 Å². The van der Waals surface area contributed by atoms with Gasteiger partial charge in [0.1, 0.15) is 23.6 Å². The Labute approximate surface area is 146 Å². The molecule has 0 aliphatic rings. The van der Waals surface area contributed by atoms with Gasteiger partial charge < -0.3 is 19.5 Å². The van der Waals surface area contributed by atoms with Crippen molar-refractivity contribution >= 4 is 11.8 Å². The smallest absolute Gasteiger partial charge is 0.406 e. The van der Waals surface area contributed by atoms with Crippen LogP contribution in [0.15, 0.2) is 24.3 Å². The predicted molar refractivity (Wildman–Crippen MR) is 84.3 cm³/mol. The lowest BCUT2D eigenvalue weighted by atomic mass is 10.1. The molecule has 0 aliphatic carbocycles. The van der Waals surface area contributed by atoms with Crippen molar-refractivity contribution in [1.29, 1.82) is 0 Å². The zero-order chi connectivity index (χ0) is 19.6. The van der Waals surface area contributed by atoms with Crippen LogP contribution < -0.4 is 0 Å². The zero-order valence-corrected chi connectivity index (χ0v) is 13.9. The first-order chi connectivity index (χ1) is 12.0. The van der Waals surface area contributed by atoms with Crippen molar-refractivity contribution in [3.05, 3.63) is 46.8 Å². The molecule has 26 heavy (non-hydrogen) atoms. The molecule has 2 N–H and O–H groups in total. The highest BCUT2D eigenvalue weighted by atomic mass is 19.4. The van der Waals surface area contributed by atoms with Crippen LogP contribution in [0, 0.1) is 13.8 Å². The van der Waals surface area contributed by atoms with Crippen LogP contribution in [0.1, 0.15) is 32.1 Å². The van der Waals surface area contributed by atoms with Gasteiger partial charge in [-0.2, -0.15) is 13.2 Å². The van der Waals surface area contributed by atoms with Crippen molar-refractivity contribution in [3.63, 3.8) is 0 Å². The molecule has 0 saturated carbocycles. The van der Waals surface area contributed by atoms with Crippen molar-refractivity contribution in [2.24, 2.45) is 0 Å². The summed E-state index contributed by atoms with van der Waals surface area (Å²) in [4.78, 5) is 24.1. The average Bonchev–Trinajstić information content (AvgIpc) is 2.79. The van der Waals surface area contributed by atoms with Gasteiger partial charge in [0, 0.05) is 23.0 Å². The molecule has 2 rings (SSSR count). The normalized spacial score (nSPS) is 11.4. The predicted octanol–water partition coefficient (Wildman–Crippen LogP) is 3.12. The second kappa shape index (κ2) is 7.11. The van der Waals surface area contributed by atoms with Crippen LogP contribution in [-0.2, 0) is 11.3 Å². The number of Topliss-reactive ketones (excluding diaryl/α,β-unsaturated/α-hetero) is 1. The Morgan fingerprint density at radius 3 is 2.35 bits per heavy atom. The molecule has 9 heteroatoms. The minimum absolute atomic E-state index is 0.0227. The van der Waals surface area contributed by atoms with E-state index in [0.717, 1.165) is 22.8 Å². The number of hydrogen-bond donors (Lipinski definition) is 2. The van der Waals surface area contributed by atoms with E-state index in [9.17, 15) is 33.0 Å². The molecule has 1 heterocycles. The Hall–Kier alpha value is -2.97. The number of carbonyl (C=O) groups is 2. The summed E-state index contributed by atoms with van der Waals surface area (Å²) in [6, 6.07) is 4.51. The van der Waals surface area contributed by atoms with Crippen LogP contribution in [0.4, 0.5) is 13.2 Å². The molecule has 0 atom stereocenters. The molecule has 0 radical (unpaired) electrons. The Morgan fingerprint density at radius 1 is 1.12 bits per heavy atom. The van der Waals surface area contributed by atoms with Crippen LogP contribution in [-0.4, -0.2) is 39.3 Å². The summed E-state index contributed by atoms with van der Waals surface area (Å²) < 4.78 is 43.6. The summed E-state index contributed by atoms with van der Waals surface area (Å²) in [5, 5.41) is 18.8. The fourth-order valence-corrected chi connectivity index (χ4v) is 2.49. The largest absolute Gasteiger partial charge is 0.508 e. The van der Waals surface area contributed by atoms with E-state index in [0.29, 0.717) is 0 Å². The molecule has 6 nitrogen and oxygen atoms in total. The molecule has 1 aromatic carbocycles. The highest BCUT2D eigenvalue weighted by Crippen LogP contribution is 2.25. The highest BCUT2D eigenvalue weighted by molar-refractivity contribution is 6.01. The Bertz CT molecular complexity index is 855. The highest BCUT2D eigenvalue weighted by Gasteiger charge is 2.30. The third-order valence-corrected chi connectivity index (χ3v) is 3.75. The Morgan fingerprint density at radius 2 is 1.77 bits per heavy atom. The standard InChI is InChI=1S/C17H16F3NO5/c1-9-5-13(10(2)21(9)8-17(18,19)20)15(24)7-26-16(25)12-4-3-11(22)6-14(12)23/h3-6,22-23H,7-8H2,1-2H3. The van der Waals surface area contributed by atoms with Gasteiger partial charge in [0.2, 0.25) is 5.78 Å². The number of alkyl halides is 3. The van der Waals surface area contributed by atoms with Crippen molar-refractivity contribution in [2.75, 3.05) is 6.61 Å². The van der Waals surface area contributed by atoms with Crippen LogP contribution in [0.5, 0.6) is 11.5 Å². The lowest BCUT2D eigenvalue weighted by Gasteiger charge is -2.12. The molecule has 0 saturated heterocycles. The van der Waals surface area contributed by atoms with E-state index in [1.54, 1.807) is 0 Å². The van der Waals surface area contributed by atoms with Crippen LogP contribution in [0.25, 0.3) is 0 Å². The number of rotatable bonds is 5. The van der Waals surface area contributed by atoms with E-state index in [2.05, 4.69) is 0 Å². The number of phenols is 2. The van der Waals surface area contributed by atoms with Gasteiger partial charge in [-0.15, -0.1) is 0 Å². The molecular formula is C17H16F3NO5. The number of carbonyl (C=O) groups excluding carboxylic acids is 2. The monoisotopic (exact) mass is 371 g/mol. The lowest BCUT2D eigenvalue weighted by molar-refractivity contribution is -0.141. The average molecular weight is 371 g/mol. The molecule has 0 unspecified atom stereocenters. The summed E-state index contributed by atoms with van der Waals surface area (Å²) in [6.45, 7) is 0.893. The summed E-state index contributed by atoms with van der Waals surface area (Å²) in [6.07, 6.45) is -4.43. The number of aromatic nitrogens is 1. The molecule has 1 aromatic heterocycles. The van der Waals surface area contributed by atoms with Gasteiger partial charge in [-0.1, -0.05) is 0 Å². The molecule has 0 fully saturated rings. The van der Waals surface area contributed by atoms with E-state index in [4.69, 9.17) is 4.74 Å². The van der Waals surface area contributed by atoms with E-state index in [1.165, 1.54) is 19.9 Å². The number of aryl methyl sites for hydroxylation is 1. The van der Waals surface area contributed by atoms with Crippen molar-refractivity contribution in [2.45, 2.75) is 26.6 Å². The molecule has 0 spiro atoms. The van der Waals surface area contributed by atoms with Crippen LogP contribution >= 0.6 is 0 Å². The molecule has 0 amide bonds. The van der Waals surface area contributed by atoms with Crippen molar-refractivity contribution in [3.8, 4) is 11.5 Å². The quantitative estimate of drug-likeness (QED) is 0.623. The number of benzene rings is 1. The minimum Gasteiger partial charge on any atom is -0.508 e. The minimum atomic E-state index is -4.43. The summed E-state index contributed by atoms with van der Waals surface area (Å²) in [7, 11) is 0. The van der Waals surface area contributed by atoms with Gasteiger partial charge in [0.15, 0.2) is 6.61 Å². The Balaban J connectivity index is 2.11. The van der Waals surface area contributed by atoms with E-state index >= 15 is 0 Å². The maximum absolute atomic E-state index is 12.6. The fourth-order valence-electron chi connectivity index (χ4n) is 2.49. The number of ether oxygens (including phenoxy) is 1. The van der Waals surface area contributed by atoms with E-state index in [-0.39, 0.29) is 28.3 Å². The summed E-state index contributed by atoms with van der Waals surface area (Å²) in [5.41, 5.74) is 0.145. The van der Waals surface area contributed by atoms with E-state index < -0.39 is 36.8 Å². The number of phenolic OH excluding ortho intramolecular Hbond substituents is 2. The molecule has 0 bridgehead atoms. The topological polar surface area (TPSA) is 88.8 Å². The molecule has 0 aliphatic heterocycles. The van der Waals surface area contributed by atoms with Crippen molar-refractivity contribution < 1.29 is 37.7 Å². The lowest BCUT2D eigenvalue weighted by Crippen LogP contribution is -2.20. The van der Waals surface area contributed by atoms with Gasteiger partial charge in [0.25, 0.3) is 0 Å². The number of halogens is 3. The number of aromatic hydroxyl groups is 2. The first kappa shape index (κ1) is 19.4. The number of nitrogens with zero attached hydrogens (tertiary/aromatic N) is 1. The maximum atomic E-state index is 12.6. The van der Waals surface area contributed by atoms with Gasteiger partial charge in [-0.3, -0.25) is 4.79 Å². The SMILES string of the molecule is Cc1cc(C(=O)COC(=O)c2ccc(O)cc2O)c(C)n1CC(F)(F)F. The maximum Gasteiger partial charge on any atom is 0.406 e. The number of esters is 1. The Kier molecular flexibility index (Phi) is 5.29. The van der Waals surface area contributed by atoms with Crippen LogP contribution in [0.2, 0.25) is 0 Å². The van der Waals surface area contributed by atoms with Gasteiger partial charge in [-0.05, 0) is 32.0 Å². The van der Waals surface area contributed by atoms with Gasteiger partial charge in [0.05, 0.1) is 0 Å². The van der Waals surface area contributed by atoms with Crippen LogP contribution in [0.3, 0.4) is 0 Å². The van der Waals surface area contributed by atoms with E-state index in [1.807, 2.05) is 0 Å². The third kappa shape index (κ3) is 4.35. The zero-order valence-electron chi connectivity index (χ0n) is 13.9. The second-order valence-electron chi connectivity index (χ2n) is 5.69. The molecular weight excluding hydrogens is 355 g/mol. The first-order valence-corrected chi connectivity index (χ1v) is 7.45. The number of ketones is 1.